The van der Waals surface area contributed by atoms with Gasteiger partial charge in [0.25, 0.3) is 0 Å². The largest absolute Gasteiger partial charge is 0.326 e. The molecule has 0 amide bonds. The van der Waals surface area contributed by atoms with E-state index in [0.717, 1.165) is 6.54 Å². The molecule has 1 spiro atoms. The van der Waals surface area contributed by atoms with Gasteiger partial charge in [-0.25, -0.2) is 0 Å². The van der Waals surface area contributed by atoms with Crippen molar-refractivity contribution >= 4 is 0 Å². The van der Waals surface area contributed by atoms with Gasteiger partial charge in [-0.2, -0.15) is 0 Å². The molecule has 94 valence electrons. The highest BCUT2D eigenvalue weighted by Gasteiger charge is 2.55. The summed E-state index contributed by atoms with van der Waals surface area (Å²) in [6.07, 6.45) is 8.12. The van der Waals surface area contributed by atoms with Crippen LogP contribution in [0, 0.1) is 5.41 Å². The second kappa shape index (κ2) is 4.30. The monoisotopic (exact) mass is 224 g/mol. The van der Waals surface area contributed by atoms with Crippen LogP contribution in [0.5, 0.6) is 0 Å². The fraction of sp³-hybridized carbons (Fsp3) is 1.00. The van der Waals surface area contributed by atoms with E-state index in [1.54, 1.807) is 0 Å². The van der Waals surface area contributed by atoms with Crippen molar-refractivity contribution in [2.45, 2.75) is 70.9 Å². The topological polar surface area (TPSA) is 29.3 Å². The fourth-order valence-electron chi connectivity index (χ4n) is 3.11. The van der Waals surface area contributed by atoms with E-state index < -0.39 is 0 Å². The molecule has 0 bridgehead atoms. The lowest BCUT2D eigenvalue weighted by Crippen LogP contribution is -2.43. The summed E-state index contributed by atoms with van der Waals surface area (Å²) >= 11 is 0. The zero-order valence-corrected chi connectivity index (χ0v) is 11.3. The lowest BCUT2D eigenvalue weighted by Gasteiger charge is -2.36. The first-order valence-electron chi connectivity index (χ1n) is 7.01. The van der Waals surface area contributed by atoms with Crippen LogP contribution < -0.4 is 5.73 Å². The molecule has 0 aromatic heterocycles. The maximum absolute atomic E-state index is 6.28. The van der Waals surface area contributed by atoms with Crippen molar-refractivity contribution in [1.82, 2.24) is 4.90 Å². The molecule has 0 aromatic rings. The minimum atomic E-state index is 0.360. The summed E-state index contributed by atoms with van der Waals surface area (Å²) in [5.74, 6) is 0. The van der Waals surface area contributed by atoms with Gasteiger partial charge in [-0.1, -0.05) is 26.2 Å². The Bertz CT molecular complexity index is 243. The Kier molecular flexibility index (Phi) is 3.33. The van der Waals surface area contributed by atoms with Crippen molar-refractivity contribution in [1.29, 1.82) is 0 Å². The van der Waals surface area contributed by atoms with Gasteiger partial charge in [0, 0.05) is 24.7 Å². The van der Waals surface area contributed by atoms with Gasteiger partial charge in [0.15, 0.2) is 0 Å². The highest BCUT2D eigenvalue weighted by Crippen LogP contribution is 2.53. The molecule has 1 saturated heterocycles. The number of nitrogens with zero attached hydrogens (tertiary/aromatic N) is 1. The van der Waals surface area contributed by atoms with Gasteiger partial charge in [-0.3, -0.25) is 4.90 Å². The number of hydrogen-bond acceptors (Lipinski definition) is 2. The Morgan fingerprint density at radius 3 is 2.50 bits per heavy atom. The third-order valence-electron chi connectivity index (χ3n) is 4.85. The Balaban J connectivity index is 1.87. The van der Waals surface area contributed by atoms with E-state index >= 15 is 0 Å². The smallest absolute Gasteiger partial charge is 0.0237 e. The Labute approximate surface area is 101 Å². The van der Waals surface area contributed by atoms with E-state index in [2.05, 4.69) is 25.7 Å². The first-order chi connectivity index (χ1) is 7.50. The van der Waals surface area contributed by atoms with Gasteiger partial charge < -0.3 is 5.73 Å². The Hall–Kier alpha value is -0.0800. The first-order valence-corrected chi connectivity index (χ1v) is 7.01. The van der Waals surface area contributed by atoms with E-state index in [9.17, 15) is 0 Å². The van der Waals surface area contributed by atoms with Crippen LogP contribution in [0.1, 0.15) is 59.3 Å². The summed E-state index contributed by atoms with van der Waals surface area (Å²) in [6, 6.07) is 0.443. The van der Waals surface area contributed by atoms with Crippen molar-refractivity contribution in [2.24, 2.45) is 11.1 Å². The molecule has 1 unspecified atom stereocenters. The maximum atomic E-state index is 6.28. The summed E-state index contributed by atoms with van der Waals surface area (Å²) in [6.45, 7) is 9.46. The van der Waals surface area contributed by atoms with Gasteiger partial charge in [-0.15, -0.1) is 0 Å². The molecule has 2 aliphatic rings. The van der Waals surface area contributed by atoms with Gasteiger partial charge in [-0.05, 0) is 38.5 Å². The van der Waals surface area contributed by atoms with Crippen LogP contribution in [-0.2, 0) is 0 Å². The van der Waals surface area contributed by atoms with E-state index in [1.807, 2.05) is 0 Å². The molecular weight excluding hydrogens is 196 g/mol. The van der Waals surface area contributed by atoms with Crippen LogP contribution in [0.4, 0.5) is 0 Å². The molecule has 1 aliphatic carbocycles. The number of rotatable bonds is 5. The molecule has 1 atom stereocenters. The molecule has 0 radical (unpaired) electrons. The molecule has 1 saturated carbocycles. The average Bonchev–Trinajstić information content (AvgIpc) is 2.90. The predicted molar refractivity (Wildman–Crippen MR) is 69.4 cm³/mol. The molecule has 1 heterocycles. The molecule has 2 N–H and O–H groups in total. The second-order valence-corrected chi connectivity index (χ2v) is 6.62. The Morgan fingerprint density at radius 2 is 2.00 bits per heavy atom. The Morgan fingerprint density at radius 1 is 1.31 bits per heavy atom. The number of hydrogen-bond donors (Lipinski definition) is 1. The van der Waals surface area contributed by atoms with Gasteiger partial charge in [0.2, 0.25) is 0 Å². The molecule has 1 aliphatic heterocycles. The van der Waals surface area contributed by atoms with E-state index in [1.165, 1.54) is 45.1 Å². The molecule has 2 nitrogen and oxygen atoms in total. The SMILES string of the molecule is CCCCCC(C)(C)N1CC(N)C2(CC2)C1. The van der Waals surface area contributed by atoms with E-state index in [-0.39, 0.29) is 0 Å². The first kappa shape index (κ1) is 12.4. The minimum Gasteiger partial charge on any atom is -0.326 e. The summed E-state index contributed by atoms with van der Waals surface area (Å²) in [5.41, 5.74) is 7.17. The zero-order valence-electron chi connectivity index (χ0n) is 11.3. The number of unbranched alkanes of at least 4 members (excludes halogenated alkanes) is 2. The summed E-state index contributed by atoms with van der Waals surface area (Å²) in [5, 5.41) is 0. The quantitative estimate of drug-likeness (QED) is 0.728. The van der Waals surface area contributed by atoms with Crippen LogP contribution >= 0.6 is 0 Å². The highest BCUT2D eigenvalue weighted by atomic mass is 15.2. The summed E-state index contributed by atoms with van der Waals surface area (Å²) < 4.78 is 0. The van der Waals surface area contributed by atoms with Crippen LogP contribution in [0.3, 0.4) is 0 Å². The third kappa shape index (κ3) is 2.28. The molecule has 0 aromatic carbocycles. The molecule has 2 fully saturated rings. The summed E-state index contributed by atoms with van der Waals surface area (Å²) in [7, 11) is 0. The minimum absolute atomic E-state index is 0.360. The second-order valence-electron chi connectivity index (χ2n) is 6.62. The van der Waals surface area contributed by atoms with Crippen molar-refractivity contribution in [3.05, 3.63) is 0 Å². The predicted octanol–water partition coefficient (Wildman–Crippen LogP) is 2.77. The number of nitrogens with two attached hydrogens (primary N) is 1. The van der Waals surface area contributed by atoms with Crippen LogP contribution in [0.2, 0.25) is 0 Å². The summed E-state index contributed by atoms with van der Waals surface area (Å²) in [4.78, 5) is 2.65. The van der Waals surface area contributed by atoms with Crippen LogP contribution in [-0.4, -0.2) is 29.6 Å². The lowest BCUT2D eigenvalue weighted by molar-refractivity contribution is 0.132. The molecule has 2 rings (SSSR count). The fourth-order valence-corrected chi connectivity index (χ4v) is 3.11. The van der Waals surface area contributed by atoms with Crippen molar-refractivity contribution in [2.75, 3.05) is 13.1 Å². The standard InChI is InChI=1S/C14H28N2/c1-4-5-6-7-13(2,3)16-10-12(15)14(11-16)8-9-14/h12H,4-11,15H2,1-3H3. The van der Waals surface area contributed by atoms with Crippen molar-refractivity contribution in [3.63, 3.8) is 0 Å². The molecular formula is C14H28N2. The van der Waals surface area contributed by atoms with E-state index in [4.69, 9.17) is 5.73 Å². The number of likely N-dealkylation sites (tertiary alicyclic amines) is 1. The van der Waals surface area contributed by atoms with Crippen LogP contribution in [0.25, 0.3) is 0 Å². The third-order valence-corrected chi connectivity index (χ3v) is 4.85. The van der Waals surface area contributed by atoms with Crippen molar-refractivity contribution < 1.29 is 0 Å². The van der Waals surface area contributed by atoms with Gasteiger partial charge in [0.05, 0.1) is 0 Å². The zero-order chi connectivity index (χ0) is 11.8. The normalized spacial score (nSPS) is 28.9. The lowest BCUT2D eigenvalue weighted by atomic mass is 9.94. The molecule has 2 heteroatoms. The maximum Gasteiger partial charge on any atom is 0.0237 e. The van der Waals surface area contributed by atoms with E-state index in [0.29, 0.717) is 17.0 Å². The van der Waals surface area contributed by atoms with Crippen molar-refractivity contribution in [3.8, 4) is 0 Å². The van der Waals surface area contributed by atoms with Gasteiger partial charge >= 0.3 is 0 Å². The van der Waals surface area contributed by atoms with Gasteiger partial charge in [0.1, 0.15) is 0 Å². The highest BCUT2D eigenvalue weighted by molar-refractivity contribution is 5.10. The molecule has 16 heavy (non-hydrogen) atoms. The van der Waals surface area contributed by atoms with Crippen LogP contribution in [0.15, 0.2) is 0 Å². The average molecular weight is 224 g/mol.